The summed E-state index contributed by atoms with van der Waals surface area (Å²) < 4.78 is 32.2. The average molecular weight is 319 g/mol. The van der Waals surface area contributed by atoms with E-state index in [0.29, 0.717) is 13.2 Å². The number of nitrogens with one attached hydrogen (secondary N) is 1. The van der Waals surface area contributed by atoms with Crippen molar-refractivity contribution in [3.05, 3.63) is 64.7 Å². The Morgan fingerprint density at radius 2 is 2.04 bits per heavy atom. The minimum Gasteiger partial charge on any atom is -0.493 e. The number of hydrogen-bond donors (Lipinski definition) is 2. The van der Waals surface area contributed by atoms with Gasteiger partial charge in [-0.25, -0.2) is 8.78 Å². The van der Waals surface area contributed by atoms with Gasteiger partial charge in [0.05, 0.1) is 6.61 Å². The molecule has 0 bridgehead atoms. The summed E-state index contributed by atoms with van der Waals surface area (Å²) in [5, 5.41) is 13.6. The van der Waals surface area contributed by atoms with E-state index in [1.165, 1.54) is 18.6 Å². The number of ether oxygens (including phenoxy) is 1. The van der Waals surface area contributed by atoms with E-state index in [0.717, 1.165) is 29.9 Å². The van der Waals surface area contributed by atoms with Crippen molar-refractivity contribution in [3.8, 4) is 5.75 Å². The minimum atomic E-state index is -1.42. The zero-order chi connectivity index (χ0) is 16.4. The zero-order valence-electron chi connectivity index (χ0n) is 12.9. The maximum atomic E-state index is 13.8. The fourth-order valence-electron chi connectivity index (χ4n) is 2.82. The second kappa shape index (κ2) is 6.26. The molecule has 3 rings (SSSR count). The number of rotatable bonds is 5. The lowest BCUT2D eigenvalue weighted by atomic mass is 9.95. The molecule has 0 fully saturated rings. The van der Waals surface area contributed by atoms with Gasteiger partial charge in [-0.3, -0.25) is 0 Å². The van der Waals surface area contributed by atoms with E-state index in [-0.39, 0.29) is 12.1 Å². The van der Waals surface area contributed by atoms with E-state index in [1.54, 1.807) is 0 Å². The lowest BCUT2D eigenvalue weighted by molar-refractivity contribution is 0.0528. The summed E-state index contributed by atoms with van der Waals surface area (Å²) in [7, 11) is 0. The van der Waals surface area contributed by atoms with E-state index < -0.39 is 17.2 Å². The van der Waals surface area contributed by atoms with Gasteiger partial charge in [-0.1, -0.05) is 18.2 Å². The van der Waals surface area contributed by atoms with Crippen LogP contribution in [0.2, 0.25) is 0 Å². The Labute approximate surface area is 133 Å². The van der Waals surface area contributed by atoms with Gasteiger partial charge < -0.3 is 15.2 Å². The van der Waals surface area contributed by atoms with Crippen LogP contribution in [0.1, 0.15) is 23.6 Å². The monoisotopic (exact) mass is 319 g/mol. The smallest absolute Gasteiger partial charge is 0.132 e. The highest BCUT2D eigenvalue weighted by atomic mass is 19.1. The molecule has 2 aromatic carbocycles. The maximum absolute atomic E-state index is 13.8. The molecule has 23 heavy (non-hydrogen) atoms. The van der Waals surface area contributed by atoms with Gasteiger partial charge in [0.2, 0.25) is 0 Å². The Hall–Kier alpha value is -1.98. The number of aliphatic hydroxyl groups is 1. The first-order valence-corrected chi connectivity index (χ1v) is 7.59. The molecular formula is C18H19F2NO2. The van der Waals surface area contributed by atoms with Gasteiger partial charge in [0, 0.05) is 31.1 Å². The molecular weight excluding hydrogens is 300 g/mol. The molecule has 5 heteroatoms. The molecule has 0 saturated heterocycles. The predicted molar refractivity (Wildman–Crippen MR) is 83.3 cm³/mol. The molecule has 2 N–H and O–H groups in total. The second-order valence-corrected chi connectivity index (χ2v) is 6.04. The van der Waals surface area contributed by atoms with Crippen LogP contribution in [-0.4, -0.2) is 18.3 Å². The van der Waals surface area contributed by atoms with E-state index in [9.17, 15) is 13.9 Å². The third-order valence-electron chi connectivity index (χ3n) is 4.06. The van der Waals surface area contributed by atoms with Crippen molar-refractivity contribution in [2.45, 2.75) is 25.5 Å². The van der Waals surface area contributed by atoms with Crippen molar-refractivity contribution < 1.29 is 18.6 Å². The summed E-state index contributed by atoms with van der Waals surface area (Å²) in [6, 6.07) is 9.18. The van der Waals surface area contributed by atoms with E-state index in [1.807, 2.05) is 12.1 Å². The Bertz CT molecular complexity index is 716. The maximum Gasteiger partial charge on any atom is 0.132 e. The summed E-state index contributed by atoms with van der Waals surface area (Å²) in [5.74, 6) is -0.476. The van der Waals surface area contributed by atoms with Gasteiger partial charge >= 0.3 is 0 Å². The first-order valence-electron chi connectivity index (χ1n) is 7.59. The summed E-state index contributed by atoms with van der Waals surface area (Å²) in [5.41, 5.74) is 0.913. The minimum absolute atomic E-state index is 0.0775. The molecule has 1 heterocycles. The molecule has 0 radical (unpaired) electrons. The summed E-state index contributed by atoms with van der Waals surface area (Å²) in [6.07, 6.45) is 0.904. The Morgan fingerprint density at radius 3 is 2.83 bits per heavy atom. The summed E-state index contributed by atoms with van der Waals surface area (Å²) in [6.45, 7) is 2.92. The van der Waals surface area contributed by atoms with E-state index in [2.05, 4.69) is 11.4 Å². The fourth-order valence-corrected chi connectivity index (χ4v) is 2.82. The average Bonchev–Trinajstić information content (AvgIpc) is 2.94. The fraction of sp³-hybridized carbons (Fsp3) is 0.333. The molecule has 0 amide bonds. The lowest BCUT2D eigenvalue weighted by Gasteiger charge is -2.25. The van der Waals surface area contributed by atoms with Crippen molar-refractivity contribution in [2.75, 3.05) is 13.2 Å². The second-order valence-electron chi connectivity index (χ2n) is 6.04. The molecule has 1 atom stereocenters. The van der Waals surface area contributed by atoms with Crippen molar-refractivity contribution in [2.24, 2.45) is 0 Å². The van der Waals surface area contributed by atoms with Crippen LogP contribution in [0.3, 0.4) is 0 Å². The molecule has 2 aromatic rings. The molecule has 0 aromatic heterocycles. The Balaban J connectivity index is 1.63. The van der Waals surface area contributed by atoms with Gasteiger partial charge in [-0.05, 0) is 30.2 Å². The van der Waals surface area contributed by atoms with Crippen molar-refractivity contribution >= 4 is 0 Å². The van der Waals surface area contributed by atoms with Gasteiger partial charge in [0.15, 0.2) is 0 Å². The molecule has 0 spiro atoms. The number of fused-ring (bicyclic) bond motifs is 1. The third-order valence-corrected chi connectivity index (χ3v) is 4.06. The summed E-state index contributed by atoms with van der Waals surface area (Å²) >= 11 is 0. The Morgan fingerprint density at radius 1 is 1.22 bits per heavy atom. The SMILES string of the molecule is CC(O)(CNCc1ccc2c(c1)CCO2)c1ccc(F)cc1F. The van der Waals surface area contributed by atoms with Gasteiger partial charge in [0.1, 0.15) is 23.0 Å². The van der Waals surface area contributed by atoms with Crippen LogP contribution in [0.15, 0.2) is 36.4 Å². The van der Waals surface area contributed by atoms with Gasteiger partial charge in [0.25, 0.3) is 0 Å². The number of hydrogen-bond acceptors (Lipinski definition) is 3. The molecule has 1 aliphatic heterocycles. The van der Waals surface area contributed by atoms with E-state index in [4.69, 9.17) is 4.74 Å². The number of benzene rings is 2. The normalized spacial score (nSPS) is 15.8. The molecule has 0 saturated carbocycles. The summed E-state index contributed by atoms with van der Waals surface area (Å²) in [4.78, 5) is 0. The van der Waals surface area contributed by atoms with Crippen molar-refractivity contribution in [1.29, 1.82) is 0 Å². The largest absolute Gasteiger partial charge is 0.493 e. The van der Waals surface area contributed by atoms with Crippen molar-refractivity contribution in [1.82, 2.24) is 5.32 Å². The molecule has 3 nitrogen and oxygen atoms in total. The van der Waals surface area contributed by atoms with E-state index >= 15 is 0 Å². The van der Waals surface area contributed by atoms with Crippen LogP contribution >= 0.6 is 0 Å². The molecule has 1 unspecified atom stereocenters. The first kappa shape index (κ1) is 15.9. The number of halogens is 2. The van der Waals surface area contributed by atoms with Crippen LogP contribution in [-0.2, 0) is 18.6 Å². The van der Waals surface area contributed by atoms with Gasteiger partial charge in [-0.2, -0.15) is 0 Å². The van der Waals surface area contributed by atoms with Crippen LogP contribution < -0.4 is 10.1 Å². The van der Waals surface area contributed by atoms with Crippen LogP contribution in [0.25, 0.3) is 0 Å². The standard InChI is InChI=1S/C18H19F2NO2/c1-18(22,15-4-3-14(19)9-16(15)20)11-21-10-12-2-5-17-13(8-12)6-7-23-17/h2-5,8-9,21-22H,6-7,10-11H2,1H3. The first-order chi connectivity index (χ1) is 11.0. The van der Waals surface area contributed by atoms with Crippen LogP contribution in [0, 0.1) is 11.6 Å². The van der Waals surface area contributed by atoms with Crippen LogP contribution in [0.5, 0.6) is 5.75 Å². The molecule has 1 aliphatic rings. The topological polar surface area (TPSA) is 41.5 Å². The zero-order valence-corrected chi connectivity index (χ0v) is 12.9. The van der Waals surface area contributed by atoms with Crippen molar-refractivity contribution in [3.63, 3.8) is 0 Å². The molecule has 0 aliphatic carbocycles. The Kier molecular flexibility index (Phi) is 4.33. The lowest BCUT2D eigenvalue weighted by Crippen LogP contribution is -2.36. The highest BCUT2D eigenvalue weighted by molar-refractivity contribution is 5.39. The van der Waals surface area contributed by atoms with Gasteiger partial charge in [-0.15, -0.1) is 0 Å². The predicted octanol–water partition coefficient (Wildman–Crippen LogP) is 2.90. The molecule has 122 valence electrons. The third kappa shape index (κ3) is 3.51. The van der Waals surface area contributed by atoms with Crippen LogP contribution in [0.4, 0.5) is 8.78 Å². The highest BCUT2D eigenvalue weighted by Crippen LogP contribution is 2.26. The highest BCUT2D eigenvalue weighted by Gasteiger charge is 2.26. The quantitative estimate of drug-likeness (QED) is 0.890.